The lowest BCUT2D eigenvalue weighted by Gasteiger charge is -2.37. The van der Waals surface area contributed by atoms with Gasteiger partial charge in [0.25, 0.3) is 0 Å². The number of halogens is 1. The molecule has 0 aliphatic carbocycles. The summed E-state index contributed by atoms with van der Waals surface area (Å²) in [5.41, 5.74) is 6.57. The Morgan fingerprint density at radius 2 is 2.10 bits per heavy atom. The fourth-order valence-electron chi connectivity index (χ4n) is 2.75. The normalized spacial score (nSPS) is 22.7. The molecule has 1 heterocycles. The lowest BCUT2D eigenvalue weighted by Crippen LogP contribution is -2.51. The van der Waals surface area contributed by atoms with Crippen molar-refractivity contribution in [3.63, 3.8) is 0 Å². The van der Waals surface area contributed by atoms with Crippen LogP contribution in [0.4, 0.5) is 0 Å². The van der Waals surface area contributed by atoms with Crippen LogP contribution in [-0.4, -0.2) is 31.4 Å². The van der Waals surface area contributed by atoms with Gasteiger partial charge in [-0.1, -0.05) is 24.1 Å². The number of benzene rings is 1. The number of sulfonamides is 1. The Bertz CT molecular complexity index is 587. The maximum atomic E-state index is 12.9. The van der Waals surface area contributed by atoms with Gasteiger partial charge < -0.3 is 5.73 Å². The number of nitrogens with zero attached hydrogens (tertiary/aromatic N) is 1. The van der Waals surface area contributed by atoms with Crippen molar-refractivity contribution >= 4 is 21.6 Å². The van der Waals surface area contributed by atoms with Crippen molar-refractivity contribution in [2.24, 2.45) is 5.73 Å². The fourth-order valence-corrected chi connectivity index (χ4v) is 5.00. The maximum Gasteiger partial charge on any atom is 0.243 e. The van der Waals surface area contributed by atoms with E-state index in [0.717, 1.165) is 19.3 Å². The maximum absolute atomic E-state index is 12.9. The number of hydrogen-bond donors (Lipinski definition) is 1. The quantitative estimate of drug-likeness (QED) is 0.932. The molecule has 0 spiro atoms. The van der Waals surface area contributed by atoms with Crippen LogP contribution in [0.3, 0.4) is 0 Å². The Hall–Kier alpha value is -0.620. The molecule has 1 aromatic carbocycles. The van der Waals surface area contributed by atoms with Crippen molar-refractivity contribution in [3.05, 3.63) is 28.8 Å². The monoisotopic (exact) mass is 316 g/mol. The predicted octanol–water partition coefficient (Wildman–Crippen LogP) is 2.54. The fraction of sp³-hybridized carbons (Fsp3) is 0.571. The highest BCUT2D eigenvalue weighted by Crippen LogP contribution is 2.30. The van der Waals surface area contributed by atoms with E-state index in [1.54, 1.807) is 29.4 Å². The molecule has 6 heteroatoms. The Labute approximate surface area is 126 Å². The molecule has 1 aromatic rings. The molecular weight excluding hydrogens is 296 g/mol. The minimum Gasteiger partial charge on any atom is -0.326 e. The summed E-state index contributed by atoms with van der Waals surface area (Å²) in [5, 5.41) is 0.473. The Morgan fingerprint density at radius 3 is 2.75 bits per heavy atom. The van der Waals surface area contributed by atoms with Gasteiger partial charge in [0.15, 0.2) is 0 Å². The van der Waals surface area contributed by atoms with E-state index < -0.39 is 10.0 Å². The minimum absolute atomic E-state index is 0.132. The number of nitrogens with two attached hydrogens (primary N) is 1. The van der Waals surface area contributed by atoms with Gasteiger partial charge in [-0.05, 0) is 44.4 Å². The summed E-state index contributed by atoms with van der Waals surface area (Å²) in [4.78, 5) is 0.289. The van der Waals surface area contributed by atoms with E-state index >= 15 is 0 Å². The van der Waals surface area contributed by atoms with Crippen LogP contribution in [0.15, 0.2) is 23.1 Å². The number of hydrogen-bond acceptors (Lipinski definition) is 3. The van der Waals surface area contributed by atoms with E-state index in [0.29, 0.717) is 17.1 Å². The molecule has 0 bridgehead atoms. The van der Waals surface area contributed by atoms with Crippen molar-refractivity contribution in [1.29, 1.82) is 0 Å². The molecule has 1 aliphatic rings. The van der Waals surface area contributed by atoms with Crippen LogP contribution < -0.4 is 5.73 Å². The summed E-state index contributed by atoms with van der Waals surface area (Å²) in [6, 6.07) is 4.68. The van der Waals surface area contributed by atoms with Gasteiger partial charge in [0.05, 0.1) is 4.90 Å². The average molecular weight is 317 g/mol. The molecule has 0 amide bonds. The zero-order valence-corrected chi connectivity index (χ0v) is 13.4. The van der Waals surface area contributed by atoms with E-state index in [4.69, 9.17) is 17.3 Å². The van der Waals surface area contributed by atoms with Gasteiger partial charge in [-0.25, -0.2) is 8.42 Å². The van der Waals surface area contributed by atoms with Crippen LogP contribution in [0.25, 0.3) is 0 Å². The standard InChI is InChI=1S/C14H21ClN2O2S/c1-10-12(15)6-5-8-14(10)20(18,19)17-9-4-3-7-13(17)11(2)16/h5-6,8,11,13H,3-4,7,9,16H2,1-2H3. The molecule has 4 nitrogen and oxygen atoms in total. The van der Waals surface area contributed by atoms with Gasteiger partial charge in [0.1, 0.15) is 0 Å². The van der Waals surface area contributed by atoms with Crippen LogP contribution in [0.2, 0.25) is 5.02 Å². The van der Waals surface area contributed by atoms with Crippen LogP contribution in [0, 0.1) is 6.92 Å². The van der Waals surface area contributed by atoms with Crippen molar-refractivity contribution in [2.75, 3.05) is 6.54 Å². The van der Waals surface area contributed by atoms with Crippen LogP contribution in [0.1, 0.15) is 31.7 Å². The Balaban J connectivity index is 2.45. The minimum atomic E-state index is -3.54. The highest BCUT2D eigenvalue weighted by atomic mass is 35.5. The topological polar surface area (TPSA) is 63.4 Å². The van der Waals surface area contributed by atoms with Crippen molar-refractivity contribution in [3.8, 4) is 0 Å². The molecule has 112 valence electrons. The molecule has 20 heavy (non-hydrogen) atoms. The van der Waals surface area contributed by atoms with Gasteiger partial charge in [-0.15, -0.1) is 0 Å². The molecule has 2 atom stereocenters. The summed E-state index contributed by atoms with van der Waals surface area (Å²) in [5.74, 6) is 0. The zero-order valence-electron chi connectivity index (χ0n) is 11.8. The SMILES string of the molecule is Cc1c(Cl)cccc1S(=O)(=O)N1CCCCC1C(C)N. The average Bonchev–Trinajstić information content (AvgIpc) is 2.41. The lowest BCUT2D eigenvalue weighted by molar-refractivity contribution is 0.227. The molecule has 2 unspecified atom stereocenters. The highest BCUT2D eigenvalue weighted by molar-refractivity contribution is 7.89. The zero-order chi connectivity index (χ0) is 14.9. The third-order valence-corrected chi connectivity index (χ3v) is 6.39. The van der Waals surface area contributed by atoms with E-state index in [1.165, 1.54) is 0 Å². The second-order valence-corrected chi connectivity index (χ2v) is 7.67. The second-order valence-electron chi connectivity index (χ2n) is 5.40. The van der Waals surface area contributed by atoms with Crippen LogP contribution in [0.5, 0.6) is 0 Å². The molecular formula is C14H21ClN2O2S. The van der Waals surface area contributed by atoms with Crippen LogP contribution in [-0.2, 0) is 10.0 Å². The molecule has 2 N–H and O–H groups in total. The summed E-state index contributed by atoms with van der Waals surface area (Å²) in [7, 11) is -3.54. The van der Waals surface area contributed by atoms with Gasteiger partial charge in [0, 0.05) is 23.7 Å². The van der Waals surface area contributed by atoms with Gasteiger partial charge >= 0.3 is 0 Å². The first-order valence-electron chi connectivity index (χ1n) is 6.88. The Kier molecular flexibility index (Phi) is 4.74. The number of piperidine rings is 1. The first kappa shape index (κ1) is 15.8. The molecule has 2 rings (SSSR count). The molecule has 1 aliphatic heterocycles. The molecule has 1 fully saturated rings. The summed E-state index contributed by atoms with van der Waals surface area (Å²) >= 11 is 6.05. The number of rotatable bonds is 3. The predicted molar refractivity (Wildman–Crippen MR) is 81.4 cm³/mol. The van der Waals surface area contributed by atoms with Crippen molar-refractivity contribution in [2.45, 2.75) is 50.1 Å². The summed E-state index contributed by atoms with van der Waals surface area (Å²) in [6.07, 6.45) is 2.71. The van der Waals surface area contributed by atoms with Gasteiger partial charge in [-0.2, -0.15) is 4.31 Å². The largest absolute Gasteiger partial charge is 0.326 e. The Morgan fingerprint density at radius 1 is 1.40 bits per heavy atom. The van der Waals surface area contributed by atoms with Crippen molar-refractivity contribution in [1.82, 2.24) is 4.31 Å². The van der Waals surface area contributed by atoms with Gasteiger partial charge in [-0.3, -0.25) is 0 Å². The smallest absolute Gasteiger partial charge is 0.243 e. The van der Waals surface area contributed by atoms with E-state index in [-0.39, 0.29) is 17.0 Å². The lowest BCUT2D eigenvalue weighted by atomic mass is 10.00. The first-order valence-corrected chi connectivity index (χ1v) is 8.70. The highest BCUT2D eigenvalue weighted by Gasteiger charge is 2.36. The first-order chi connectivity index (χ1) is 9.35. The third kappa shape index (κ3) is 2.86. The van der Waals surface area contributed by atoms with Crippen LogP contribution >= 0.6 is 11.6 Å². The van der Waals surface area contributed by atoms with E-state index in [2.05, 4.69) is 0 Å². The van der Waals surface area contributed by atoms with Crippen molar-refractivity contribution < 1.29 is 8.42 Å². The van der Waals surface area contributed by atoms with Gasteiger partial charge in [0.2, 0.25) is 10.0 Å². The summed E-state index contributed by atoms with van der Waals surface area (Å²) in [6.45, 7) is 4.13. The third-order valence-electron chi connectivity index (χ3n) is 3.91. The molecule has 0 saturated carbocycles. The second kappa shape index (κ2) is 6.02. The molecule has 0 aromatic heterocycles. The molecule has 1 saturated heterocycles. The molecule has 0 radical (unpaired) electrons. The summed E-state index contributed by atoms with van der Waals surface area (Å²) < 4.78 is 27.3. The van der Waals surface area contributed by atoms with E-state index in [1.807, 2.05) is 6.92 Å². The van der Waals surface area contributed by atoms with E-state index in [9.17, 15) is 8.42 Å².